The third-order valence-corrected chi connectivity index (χ3v) is 4.55. The molecular weight excluding hydrogens is 336 g/mol. The van der Waals surface area contributed by atoms with Gasteiger partial charge in [-0.2, -0.15) is 0 Å². The van der Waals surface area contributed by atoms with Crippen molar-refractivity contribution in [3.63, 3.8) is 0 Å². The molecule has 0 saturated heterocycles. The van der Waals surface area contributed by atoms with E-state index in [1.165, 1.54) is 11.1 Å². The van der Waals surface area contributed by atoms with Crippen molar-refractivity contribution < 1.29 is 9.21 Å². The van der Waals surface area contributed by atoms with Gasteiger partial charge >= 0.3 is 0 Å². The molecule has 4 aromatic rings. The number of carbonyl (C=O) groups excluding carboxylic acids is 1. The maximum atomic E-state index is 12.8. The van der Waals surface area contributed by atoms with E-state index in [0.29, 0.717) is 17.8 Å². The number of aryl methyl sites for hydroxylation is 1. The number of rotatable bonds is 5. The molecule has 3 aromatic carbocycles. The number of hydrogen-bond donors (Lipinski definition) is 2. The molecule has 0 bridgehead atoms. The van der Waals surface area contributed by atoms with Crippen LogP contribution in [-0.2, 0) is 6.54 Å². The van der Waals surface area contributed by atoms with Crippen LogP contribution in [0.15, 0.2) is 83.3 Å². The van der Waals surface area contributed by atoms with Crippen LogP contribution in [0.4, 0.5) is 11.4 Å². The van der Waals surface area contributed by atoms with Gasteiger partial charge in [-0.15, -0.1) is 0 Å². The molecule has 0 saturated carbocycles. The normalized spacial score (nSPS) is 10.7. The molecule has 1 heterocycles. The smallest absolute Gasteiger partial charge is 0.293 e. The van der Waals surface area contributed by atoms with Crippen LogP contribution in [0.1, 0.15) is 21.7 Å². The van der Waals surface area contributed by atoms with Crippen molar-refractivity contribution >= 4 is 28.3 Å². The Hall–Kier alpha value is -3.53. The highest BCUT2D eigenvalue weighted by atomic mass is 16.3. The van der Waals surface area contributed by atoms with Gasteiger partial charge in [0.15, 0.2) is 0 Å². The van der Waals surface area contributed by atoms with Gasteiger partial charge in [-0.1, -0.05) is 54.6 Å². The molecule has 4 heteroatoms. The van der Waals surface area contributed by atoms with Gasteiger partial charge in [0.2, 0.25) is 5.76 Å². The van der Waals surface area contributed by atoms with E-state index >= 15 is 0 Å². The highest BCUT2D eigenvalue weighted by molar-refractivity contribution is 6.11. The van der Waals surface area contributed by atoms with Crippen molar-refractivity contribution in [2.75, 3.05) is 10.6 Å². The Morgan fingerprint density at radius 3 is 2.41 bits per heavy atom. The van der Waals surface area contributed by atoms with Gasteiger partial charge < -0.3 is 15.1 Å². The lowest BCUT2D eigenvalue weighted by atomic mass is 10.1. The van der Waals surface area contributed by atoms with Gasteiger partial charge in [0.1, 0.15) is 5.58 Å². The minimum absolute atomic E-state index is 0.273. The average molecular weight is 356 g/mol. The number of carbonyl (C=O) groups is 1. The summed E-state index contributed by atoms with van der Waals surface area (Å²) < 4.78 is 5.88. The Morgan fingerprint density at radius 1 is 0.889 bits per heavy atom. The fourth-order valence-corrected chi connectivity index (χ4v) is 3.08. The van der Waals surface area contributed by atoms with Crippen molar-refractivity contribution in [3.05, 3.63) is 95.7 Å². The van der Waals surface area contributed by atoms with E-state index in [-0.39, 0.29) is 11.7 Å². The molecule has 2 N–H and O–H groups in total. The van der Waals surface area contributed by atoms with E-state index < -0.39 is 0 Å². The molecule has 0 spiro atoms. The molecule has 0 atom stereocenters. The van der Waals surface area contributed by atoms with Gasteiger partial charge in [-0.3, -0.25) is 4.79 Å². The average Bonchev–Trinajstić information content (AvgIpc) is 3.07. The van der Waals surface area contributed by atoms with E-state index in [9.17, 15) is 4.79 Å². The van der Waals surface area contributed by atoms with E-state index in [4.69, 9.17) is 4.42 Å². The summed E-state index contributed by atoms with van der Waals surface area (Å²) >= 11 is 0. The van der Waals surface area contributed by atoms with Crippen LogP contribution in [0.2, 0.25) is 0 Å². The SMILES string of the molecule is Cc1ccccc1CNc1c(C(=O)Nc2ccccc2)oc2ccccc12. The largest absolute Gasteiger partial charge is 0.449 e. The van der Waals surface area contributed by atoms with E-state index in [0.717, 1.165) is 11.1 Å². The summed E-state index contributed by atoms with van der Waals surface area (Å²) in [6.07, 6.45) is 0. The van der Waals surface area contributed by atoms with E-state index in [1.54, 1.807) is 0 Å². The molecule has 134 valence electrons. The summed E-state index contributed by atoms with van der Waals surface area (Å²) in [5.41, 5.74) is 4.50. The predicted octanol–water partition coefficient (Wildman–Crippen LogP) is 5.61. The van der Waals surface area contributed by atoms with Crippen LogP contribution in [0, 0.1) is 6.92 Å². The molecule has 4 rings (SSSR count). The van der Waals surface area contributed by atoms with E-state index in [1.807, 2.05) is 66.7 Å². The molecule has 0 aliphatic carbocycles. The lowest BCUT2D eigenvalue weighted by Crippen LogP contribution is -2.13. The van der Waals surface area contributed by atoms with Crippen molar-refractivity contribution in [1.29, 1.82) is 0 Å². The third-order valence-electron chi connectivity index (χ3n) is 4.55. The second kappa shape index (κ2) is 7.38. The first-order valence-corrected chi connectivity index (χ1v) is 8.88. The minimum Gasteiger partial charge on any atom is -0.449 e. The van der Waals surface area contributed by atoms with Crippen LogP contribution in [0.25, 0.3) is 11.0 Å². The second-order valence-electron chi connectivity index (χ2n) is 6.40. The summed E-state index contributed by atoms with van der Waals surface area (Å²) in [5, 5.41) is 7.19. The zero-order valence-electron chi connectivity index (χ0n) is 15.0. The molecule has 27 heavy (non-hydrogen) atoms. The number of fused-ring (bicyclic) bond motifs is 1. The number of furan rings is 1. The number of benzene rings is 3. The molecule has 0 radical (unpaired) electrons. The maximum Gasteiger partial charge on any atom is 0.293 e. The summed E-state index contributed by atoms with van der Waals surface area (Å²) in [5.74, 6) is 0.0123. The lowest BCUT2D eigenvalue weighted by Gasteiger charge is -2.10. The Kier molecular flexibility index (Phi) is 4.62. The fraction of sp³-hybridized carbons (Fsp3) is 0.0870. The predicted molar refractivity (Wildman–Crippen MR) is 109 cm³/mol. The summed E-state index contributed by atoms with van der Waals surface area (Å²) in [6.45, 7) is 2.69. The quantitative estimate of drug-likeness (QED) is 0.489. The molecule has 0 aliphatic heterocycles. The first-order valence-electron chi connectivity index (χ1n) is 8.88. The molecular formula is C23H20N2O2. The number of nitrogens with one attached hydrogen (secondary N) is 2. The standard InChI is InChI=1S/C23H20N2O2/c1-16-9-5-6-10-17(16)15-24-21-19-13-7-8-14-20(19)27-22(21)23(26)25-18-11-3-2-4-12-18/h2-14,24H,15H2,1H3,(H,25,26). The van der Waals surface area contributed by atoms with Crippen LogP contribution in [0.5, 0.6) is 0 Å². The Morgan fingerprint density at radius 2 is 1.59 bits per heavy atom. The Bertz CT molecular complexity index is 1080. The molecule has 1 aromatic heterocycles. The number of amides is 1. The fourth-order valence-electron chi connectivity index (χ4n) is 3.08. The zero-order chi connectivity index (χ0) is 18.6. The third kappa shape index (κ3) is 3.55. The Labute approximate surface area is 157 Å². The van der Waals surface area contributed by atoms with Crippen LogP contribution in [-0.4, -0.2) is 5.91 Å². The molecule has 0 unspecified atom stereocenters. The minimum atomic E-state index is -0.273. The van der Waals surface area contributed by atoms with Crippen LogP contribution in [0.3, 0.4) is 0 Å². The van der Waals surface area contributed by atoms with Crippen molar-refractivity contribution in [3.8, 4) is 0 Å². The Balaban J connectivity index is 1.67. The van der Waals surface area contributed by atoms with Crippen LogP contribution < -0.4 is 10.6 Å². The summed E-state index contributed by atoms with van der Waals surface area (Å²) in [7, 11) is 0. The number of anilines is 2. The maximum absolute atomic E-state index is 12.8. The van der Waals surface area contributed by atoms with Gasteiger partial charge in [-0.05, 0) is 42.3 Å². The van der Waals surface area contributed by atoms with Gasteiger partial charge in [0.25, 0.3) is 5.91 Å². The first kappa shape index (κ1) is 16.9. The summed E-state index contributed by atoms with van der Waals surface area (Å²) in [6, 6.07) is 25.2. The molecule has 1 amide bonds. The zero-order valence-corrected chi connectivity index (χ0v) is 15.0. The number of hydrogen-bond acceptors (Lipinski definition) is 3. The van der Waals surface area contributed by atoms with Gasteiger partial charge in [0.05, 0.1) is 5.69 Å². The topological polar surface area (TPSA) is 54.3 Å². The molecule has 0 fully saturated rings. The molecule has 0 aliphatic rings. The molecule has 4 nitrogen and oxygen atoms in total. The monoisotopic (exact) mass is 356 g/mol. The first-order chi connectivity index (χ1) is 13.2. The van der Waals surface area contributed by atoms with Crippen molar-refractivity contribution in [2.45, 2.75) is 13.5 Å². The lowest BCUT2D eigenvalue weighted by molar-refractivity contribution is 0.0999. The van der Waals surface area contributed by atoms with Crippen molar-refractivity contribution in [2.24, 2.45) is 0 Å². The number of para-hydroxylation sites is 2. The second-order valence-corrected chi connectivity index (χ2v) is 6.40. The van der Waals surface area contributed by atoms with Gasteiger partial charge in [0, 0.05) is 17.6 Å². The highest BCUT2D eigenvalue weighted by Crippen LogP contribution is 2.32. The van der Waals surface area contributed by atoms with Crippen LogP contribution >= 0.6 is 0 Å². The van der Waals surface area contributed by atoms with E-state index in [2.05, 4.69) is 29.7 Å². The van der Waals surface area contributed by atoms with Crippen molar-refractivity contribution in [1.82, 2.24) is 0 Å². The van der Waals surface area contributed by atoms with Gasteiger partial charge in [-0.25, -0.2) is 0 Å². The summed E-state index contributed by atoms with van der Waals surface area (Å²) in [4.78, 5) is 12.8. The highest BCUT2D eigenvalue weighted by Gasteiger charge is 2.20.